The molecule has 0 bridgehead atoms. The molecule has 0 spiro atoms. The molecular weight excluding hydrogens is 372 g/mol. The maximum Gasteiger partial charge on any atom is 0.272 e. The predicted octanol–water partition coefficient (Wildman–Crippen LogP) is 4.62. The first-order valence-electron chi connectivity index (χ1n) is 10.7. The Morgan fingerprint density at radius 2 is 1.57 bits per heavy atom. The van der Waals surface area contributed by atoms with Gasteiger partial charge in [-0.25, -0.2) is 4.98 Å². The van der Waals surface area contributed by atoms with Gasteiger partial charge in [0.25, 0.3) is 5.91 Å². The summed E-state index contributed by atoms with van der Waals surface area (Å²) in [4.78, 5) is 21.6. The lowest BCUT2D eigenvalue weighted by atomic mass is 10.00. The highest BCUT2D eigenvalue weighted by Gasteiger charge is 2.22. The van der Waals surface area contributed by atoms with Crippen LogP contribution in [0.1, 0.15) is 34.5 Å². The molecule has 1 saturated heterocycles. The van der Waals surface area contributed by atoms with Crippen molar-refractivity contribution in [2.24, 2.45) is 0 Å². The molecule has 3 heterocycles. The van der Waals surface area contributed by atoms with Gasteiger partial charge in [0, 0.05) is 37.6 Å². The third-order valence-electron chi connectivity index (χ3n) is 6.03. The van der Waals surface area contributed by atoms with Crippen LogP contribution in [0.25, 0.3) is 0 Å². The number of amides is 1. The largest absolute Gasteiger partial charge is 0.372 e. The summed E-state index contributed by atoms with van der Waals surface area (Å²) in [6, 6.07) is 20.6. The van der Waals surface area contributed by atoms with E-state index >= 15 is 0 Å². The van der Waals surface area contributed by atoms with E-state index in [1.165, 1.54) is 29.7 Å². The number of carbonyl (C=O) groups excluding carboxylic acids is 1. The summed E-state index contributed by atoms with van der Waals surface area (Å²) in [7, 11) is 0. The quantitative estimate of drug-likeness (QED) is 0.696. The molecule has 0 unspecified atom stereocenters. The molecular formula is C25H26N4O. The van der Waals surface area contributed by atoms with Crippen molar-refractivity contribution in [3.63, 3.8) is 0 Å². The average Bonchev–Trinajstić information content (AvgIpc) is 3.34. The summed E-state index contributed by atoms with van der Waals surface area (Å²) in [6.07, 6.45) is 5.19. The van der Waals surface area contributed by atoms with Gasteiger partial charge < -0.3 is 15.1 Å². The molecule has 0 atom stereocenters. The first-order chi connectivity index (χ1) is 14.8. The van der Waals surface area contributed by atoms with E-state index in [9.17, 15) is 4.79 Å². The Bertz CT molecular complexity index is 1020. The molecule has 1 fully saturated rings. The number of carbonyl (C=O) groups is 1. The number of anilines is 3. The number of nitrogens with zero attached hydrogens (tertiary/aromatic N) is 3. The van der Waals surface area contributed by atoms with Crippen LogP contribution < -0.4 is 10.2 Å². The summed E-state index contributed by atoms with van der Waals surface area (Å²) < 4.78 is 0. The van der Waals surface area contributed by atoms with Gasteiger partial charge in [-0.2, -0.15) is 0 Å². The smallest absolute Gasteiger partial charge is 0.272 e. The number of benzene rings is 2. The van der Waals surface area contributed by atoms with Gasteiger partial charge >= 0.3 is 0 Å². The topological polar surface area (TPSA) is 48.5 Å². The molecule has 1 N–H and O–H groups in total. The summed E-state index contributed by atoms with van der Waals surface area (Å²) >= 11 is 0. The number of hydrogen-bond acceptors (Lipinski definition) is 4. The lowest BCUT2D eigenvalue weighted by Gasteiger charge is -2.28. The monoisotopic (exact) mass is 398 g/mol. The van der Waals surface area contributed by atoms with Crippen LogP contribution >= 0.6 is 0 Å². The molecule has 0 aliphatic carbocycles. The molecule has 5 nitrogen and oxygen atoms in total. The van der Waals surface area contributed by atoms with Crippen LogP contribution in [0.4, 0.5) is 17.1 Å². The van der Waals surface area contributed by atoms with E-state index in [1.54, 1.807) is 6.20 Å². The zero-order chi connectivity index (χ0) is 20.3. The van der Waals surface area contributed by atoms with E-state index < -0.39 is 0 Å². The Morgan fingerprint density at radius 3 is 2.30 bits per heavy atom. The predicted molar refractivity (Wildman–Crippen MR) is 120 cm³/mol. The second-order valence-electron chi connectivity index (χ2n) is 8.04. The maximum absolute atomic E-state index is 12.9. The van der Waals surface area contributed by atoms with Crippen molar-refractivity contribution < 1.29 is 4.79 Å². The van der Waals surface area contributed by atoms with Crippen molar-refractivity contribution in [1.82, 2.24) is 9.88 Å². The van der Waals surface area contributed by atoms with Gasteiger partial charge in [-0.15, -0.1) is 0 Å². The number of pyridine rings is 1. The third kappa shape index (κ3) is 3.88. The van der Waals surface area contributed by atoms with Crippen LogP contribution in [0.3, 0.4) is 0 Å². The molecule has 0 radical (unpaired) electrons. The minimum atomic E-state index is -0.00832. The van der Waals surface area contributed by atoms with Crippen molar-refractivity contribution >= 4 is 23.0 Å². The summed E-state index contributed by atoms with van der Waals surface area (Å²) in [5.74, 6) is -0.00832. The SMILES string of the molecule is O=C(c1ccc(Nc2ccc(N3CCCC3)cc2)cn1)N1CCc2ccccc2C1. The molecule has 30 heavy (non-hydrogen) atoms. The van der Waals surface area contributed by atoms with Crippen LogP contribution in [0, 0.1) is 0 Å². The fraction of sp³-hybridized carbons (Fsp3) is 0.280. The van der Waals surface area contributed by atoms with Gasteiger partial charge in [0.2, 0.25) is 0 Å². The third-order valence-corrected chi connectivity index (χ3v) is 6.03. The summed E-state index contributed by atoms with van der Waals surface area (Å²) in [5, 5.41) is 3.37. The molecule has 2 aliphatic rings. The van der Waals surface area contributed by atoms with Gasteiger partial charge in [-0.05, 0) is 66.8 Å². The van der Waals surface area contributed by atoms with E-state index in [4.69, 9.17) is 0 Å². The van der Waals surface area contributed by atoms with Gasteiger partial charge in [0.15, 0.2) is 0 Å². The molecule has 1 amide bonds. The van der Waals surface area contributed by atoms with Crippen LogP contribution in [-0.4, -0.2) is 35.4 Å². The standard InChI is InChI=1S/C25H26N4O/c30-25(29-16-13-19-5-1-2-6-20(19)18-29)24-12-9-22(17-26-24)27-21-7-10-23(11-8-21)28-14-3-4-15-28/h1-2,5-12,17,27H,3-4,13-16,18H2. The van der Waals surface area contributed by atoms with Gasteiger partial charge in [-0.3, -0.25) is 4.79 Å². The second kappa shape index (κ2) is 8.19. The van der Waals surface area contributed by atoms with Gasteiger partial charge in [-0.1, -0.05) is 24.3 Å². The second-order valence-corrected chi connectivity index (χ2v) is 8.04. The number of fused-ring (bicyclic) bond motifs is 1. The summed E-state index contributed by atoms with van der Waals surface area (Å²) in [6.45, 7) is 3.69. The normalized spacial score (nSPS) is 15.7. The van der Waals surface area contributed by atoms with E-state index in [1.807, 2.05) is 23.1 Å². The number of hydrogen-bond donors (Lipinski definition) is 1. The molecule has 5 rings (SSSR count). The Morgan fingerprint density at radius 1 is 0.833 bits per heavy atom. The van der Waals surface area contributed by atoms with E-state index in [-0.39, 0.29) is 5.91 Å². The number of rotatable bonds is 4. The highest BCUT2D eigenvalue weighted by molar-refractivity contribution is 5.92. The van der Waals surface area contributed by atoms with E-state index in [0.29, 0.717) is 12.2 Å². The Kier molecular flexibility index (Phi) is 5.10. The molecule has 0 saturated carbocycles. The van der Waals surface area contributed by atoms with Gasteiger partial charge in [0.1, 0.15) is 5.69 Å². The van der Waals surface area contributed by atoms with Crippen molar-refractivity contribution in [2.45, 2.75) is 25.8 Å². The number of aromatic nitrogens is 1. The zero-order valence-electron chi connectivity index (χ0n) is 17.1. The van der Waals surface area contributed by atoms with Crippen LogP contribution in [0.2, 0.25) is 0 Å². The Hall–Kier alpha value is -3.34. The van der Waals surface area contributed by atoms with Crippen molar-refractivity contribution in [1.29, 1.82) is 0 Å². The maximum atomic E-state index is 12.9. The van der Waals surface area contributed by atoms with Crippen LogP contribution in [-0.2, 0) is 13.0 Å². The van der Waals surface area contributed by atoms with Gasteiger partial charge in [0.05, 0.1) is 11.9 Å². The van der Waals surface area contributed by atoms with Crippen molar-refractivity contribution in [3.05, 3.63) is 83.7 Å². The number of nitrogens with one attached hydrogen (secondary N) is 1. The Balaban J connectivity index is 1.23. The minimum absolute atomic E-state index is 0.00832. The van der Waals surface area contributed by atoms with E-state index in [0.717, 1.165) is 37.4 Å². The first kappa shape index (κ1) is 18.7. The lowest BCUT2D eigenvalue weighted by molar-refractivity contribution is 0.0729. The van der Waals surface area contributed by atoms with Crippen LogP contribution in [0.15, 0.2) is 66.9 Å². The molecule has 2 aromatic carbocycles. The highest BCUT2D eigenvalue weighted by Crippen LogP contribution is 2.24. The molecule has 1 aromatic heterocycles. The van der Waals surface area contributed by atoms with Crippen LogP contribution in [0.5, 0.6) is 0 Å². The molecule has 152 valence electrons. The highest BCUT2D eigenvalue weighted by atomic mass is 16.2. The molecule has 5 heteroatoms. The zero-order valence-corrected chi connectivity index (χ0v) is 17.1. The molecule has 3 aromatic rings. The minimum Gasteiger partial charge on any atom is -0.372 e. The Labute approximate surface area is 177 Å². The summed E-state index contributed by atoms with van der Waals surface area (Å²) in [5.41, 5.74) is 6.23. The lowest BCUT2D eigenvalue weighted by Crippen LogP contribution is -2.36. The van der Waals surface area contributed by atoms with Crippen molar-refractivity contribution in [2.75, 3.05) is 29.9 Å². The fourth-order valence-corrected chi connectivity index (χ4v) is 4.32. The average molecular weight is 399 g/mol. The first-order valence-corrected chi connectivity index (χ1v) is 10.7. The molecule has 2 aliphatic heterocycles. The van der Waals surface area contributed by atoms with Crippen molar-refractivity contribution in [3.8, 4) is 0 Å². The fourth-order valence-electron chi connectivity index (χ4n) is 4.32. The van der Waals surface area contributed by atoms with E-state index in [2.05, 4.69) is 57.7 Å².